The topological polar surface area (TPSA) is 138 Å². The first-order valence-electron chi connectivity index (χ1n) is 5.48. The number of halogens is 1. The maximum Gasteiger partial charge on any atom is 0.204 e. The molecule has 0 bridgehead atoms. The Morgan fingerprint density at radius 2 is 1.43 bits per heavy atom. The van der Waals surface area contributed by atoms with Gasteiger partial charge >= 0.3 is 0 Å². The Balaban J connectivity index is 2.73. The highest BCUT2D eigenvalue weighted by molar-refractivity contribution is 9.10. The van der Waals surface area contributed by atoms with Crippen molar-refractivity contribution in [2.75, 3.05) is 0 Å². The molecule has 0 aliphatic carbocycles. The molecule has 0 amide bonds. The van der Waals surface area contributed by atoms with E-state index in [4.69, 9.17) is 0 Å². The quantitative estimate of drug-likeness (QED) is 0.274. The first-order valence-corrected chi connectivity index (χ1v) is 6.27. The number of aromatic hydroxyl groups is 6. The van der Waals surface area contributed by atoms with Crippen molar-refractivity contribution in [1.82, 2.24) is 0 Å². The van der Waals surface area contributed by atoms with Gasteiger partial charge in [0.2, 0.25) is 11.5 Å². The van der Waals surface area contributed by atoms with E-state index in [-0.39, 0.29) is 0 Å². The van der Waals surface area contributed by atoms with Crippen LogP contribution < -0.4 is 0 Å². The van der Waals surface area contributed by atoms with E-state index in [9.17, 15) is 35.4 Å². The highest BCUT2D eigenvalue weighted by Gasteiger charge is 2.29. The monoisotopic (exact) mass is 356 g/mol. The van der Waals surface area contributed by atoms with Gasteiger partial charge in [0.05, 0.1) is 5.56 Å². The summed E-state index contributed by atoms with van der Waals surface area (Å²) in [6, 6.07) is 3.55. The summed E-state index contributed by atoms with van der Waals surface area (Å²) in [6.07, 6.45) is 0. The third kappa shape index (κ3) is 2.19. The lowest BCUT2D eigenvalue weighted by Crippen LogP contribution is -2.03. The number of para-hydroxylation sites is 1. The minimum Gasteiger partial charge on any atom is -0.506 e. The average molecular weight is 357 g/mol. The van der Waals surface area contributed by atoms with E-state index in [1.165, 1.54) is 6.07 Å². The first-order chi connectivity index (χ1) is 9.77. The van der Waals surface area contributed by atoms with Crippen LogP contribution in [0.25, 0.3) is 0 Å². The molecule has 0 saturated carbocycles. The predicted molar refractivity (Wildman–Crippen MR) is 74.0 cm³/mol. The zero-order valence-corrected chi connectivity index (χ0v) is 11.8. The standard InChI is InChI=1S/C13H9BrO7/c14-7-10(18)6(11(19)13(21)12(7)20)9(17)4-2-1-3-5(15)8(4)16/h1-3,15-16,18-21H. The number of ketones is 1. The summed E-state index contributed by atoms with van der Waals surface area (Å²) < 4.78 is -0.402. The fourth-order valence-electron chi connectivity index (χ4n) is 1.73. The van der Waals surface area contributed by atoms with Crippen LogP contribution in [-0.2, 0) is 0 Å². The summed E-state index contributed by atoms with van der Waals surface area (Å²) in [5.74, 6) is -6.11. The Labute approximate surface area is 126 Å². The number of benzene rings is 2. The molecule has 0 atom stereocenters. The largest absolute Gasteiger partial charge is 0.506 e. The van der Waals surface area contributed by atoms with Crippen LogP contribution in [0.4, 0.5) is 0 Å². The Bertz CT molecular complexity index is 726. The lowest BCUT2D eigenvalue weighted by Gasteiger charge is -2.12. The van der Waals surface area contributed by atoms with Crippen molar-refractivity contribution in [2.24, 2.45) is 0 Å². The van der Waals surface area contributed by atoms with E-state index in [0.717, 1.165) is 12.1 Å². The Kier molecular flexibility index (Phi) is 3.56. The molecule has 6 N–H and O–H groups in total. The zero-order valence-electron chi connectivity index (χ0n) is 10.2. The zero-order chi connectivity index (χ0) is 15.9. The molecular weight excluding hydrogens is 348 g/mol. The van der Waals surface area contributed by atoms with E-state index < -0.39 is 55.9 Å². The molecular formula is C13H9BrO7. The summed E-state index contributed by atoms with van der Waals surface area (Å²) in [4.78, 5) is 12.3. The van der Waals surface area contributed by atoms with Crippen molar-refractivity contribution >= 4 is 21.7 Å². The fraction of sp³-hybridized carbons (Fsp3) is 0. The smallest absolute Gasteiger partial charge is 0.204 e. The van der Waals surface area contributed by atoms with Crippen molar-refractivity contribution < 1.29 is 35.4 Å². The number of hydrogen-bond donors (Lipinski definition) is 6. The molecule has 0 heterocycles. The summed E-state index contributed by atoms with van der Waals surface area (Å²) in [7, 11) is 0. The molecule has 8 heteroatoms. The van der Waals surface area contributed by atoms with Gasteiger partial charge in [-0.05, 0) is 28.1 Å². The summed E-state index contributed by atoms with van der Waals surface area (Å²) in [6.45, 7) is 0. The van der Waals surface area contributed by atoms with Crippen LogP contribution in [0.1, 0.15) is 15.9 Å². The second kappa shape index (κ2) is 5.06. The van der Waals surface area contributed by atoms with Gasteiger partial charge < -0.3 is 30.6 Å². The Morgan fingerprint density at radius 3 is 2.05 bits per heavy atom. The van der Waals surface area contributed by atoms with Crippen molar-refractivity contribution in [3.63, 3.8) is 0 Å². The number of carbonyl (C=O) groups excluding carboxylic acids is 1. The van der Waals surface area contributed by atoms with Gasteiger partial charge in [0.1, 0.15) is 15.8 Å². The molecule has 0 aromatic heterocycles. The number of hydrogen-bond acceptors (Lipinski definition) is 7. The van der Waals surface area contributed by atoms with Crippen LogP contribution >= 0.6 is 15.9 Å². The molecule has 2 rings (SSSR count). The first kappa shape index (κ1) is 14.8. The second-order valence-electron chi connectivity index (χ2n) is 4.09. The minimum absolute atomic E-state index is 0.402. The van der Waals surface area contributed by atoms with E-state index in [1.807, 2.05) is 0 Å². The molecule has 0 unspecified atom stereocenters. The van der Waals surface area contributed by atoms with Crippen LogP contribution in [-0.4, -0.2) is 36.4 Å². The van der Waals surface area contributed by atoms with Crippen molar-refractivity contribution in [3.8, 4) is 34.5 Å². The SMILES string of the molecule is O=C(c1cccc(O)c1O)c1c(O)c(O)c(O)c(Br)c1O. The van der Waals surface area contributed by atoms with Gasteiger partial charge in [-0.1, -0.05) is 6.07 Å². The van der Waals surface area contributed by atoms with Crippen LogP contribution in [0.3, 0.4) is 0 Å². The third-order valence-electron chi connectivity index (χ3n) is 2.82. The highest BCUT2D eigenvalue weighted by atomic mass is 79.9. The highest BCUT2D eigenvalue weighted by Crippen LogP contribution is 2.50. The molecule has 2 aromatic carbocycles. The number of phenols is 6. The molecule has 2 aromatic rings. The van der Waals surface area contributed by atoms with Gasteiger partial charge in [0.15, 0.2) is 23.0 Å². The van der Waals surface area contributed by atoms with Gasteiger partial charge in [-0.15, -0.1) is 0 Å². The summed E-state index contributed by atoms with van der Waals surface area (Å²) in [5, 5.41) is 57.5. The molecule has 0 radical (unpaired) electrons. The molecule has 0 aliphatic heterocycles. The minimum atomic E-state index is -1.06. The number of phenolic OH excluding ortho intramolecular Hbond substituents is 6. The molecule has 0 fully saturated rings. The molecule has 21 heavy (non-hydrogen) atoms. The van der Waals surface area contributed by atoms with Crippen molar-refractivity contribution in [1.29, 1.82) is 0 Å². The van der Waals surface area contributed by atoms with E-state index in [2.05, 4.69) is 15.9 Å². The predicted octanol–water partition coefficient (Wildman–Crippen LogP) is 1.91. The summed E-state index contributed by atoms with van der Waals surface area (Å²) in [5.41, 5.74) is -1.14. The molecule has 7 nitrogen and oxygen atoms in total. The van der Waals surface area contributed by atoms with Crippen LogP contribution in [0.5, 0.6) is 34.5 Å². The van der Waals surface area contributed by atoms with Gasteiger partial charge in [0.25, 0.3) is 0 Å². The Hall–Kier alpha value is -2.61. The second-order valence-corrected chi connectivity index (χ2v) is 4.88. The molecule has 0 aliphatic rings. The van der Waals surface area contributed by atoms with Crippen LogP contribution in [0, 0.1) is 0 Å². The number of rotatable bonds is 2. The average Bonchev–Trinajstić information content (AvgIpc) is 2.46. The maximum atomic E-state index is 12.3. The van der Waals surface area contributed by atoms with Crippen LogP contribution in [0.2, 0.25) is 0 Å². The molecule has 0 saturated heterocycles. The summed E-state index contributed by atoms with van der Waals surface area (Å²) >= 11 is 2.75. The third-order valence-corrected chi connectivity index (χ3v) is 3.58. The lowest BCUT2D eigenvalue weighted by atomic mass is 9.99. The normalized spacial score (nSPS) is 10.5. The van der Waals surface area contributed by atoms with Gasteiger partial charge in [-0.3, -0.25) is 4.79 Å². The fourth-order valence-corrected chi connectivity index (χ4v) is 2.12. The van der Waals surface area contributed by atoms with E-state index >= 15 is 0 Å². The van der Waals surface area contributed by atoms with Crippen molar-refractivity contribution in [2.45, 2.75) is 0 Å². The molecule has 0 spiro atoms. The van der Waals surface area contributed by atoms with E-state index in [1.54, 1.807) is 0 Å². The van der Waals surface area contributed by atoms with Crippen LogP contribution in [0.15, 0.2) is 22.7 Å². The maximum absolute atomic E-state index is 12.3. The van der Waals surface area contributed by atoms with E-state index in [0.29, 0.717) is 0 Å². The lowest BCUT2D eigenvalue weighted by molar-refractivity contribution is 0.102. The Morgan fingerprint density at radius 1 is 0.810 bits per heavy atom. The van der Waals surface area contributed by atoms with Gasteiger partial charge in [0, 0.05) is 0 Å². The molecule has 110 valence electrons. The number of carbonyl (C=O) groups is 1. The van der Waals surface area contributed by atoms with Gasteiger partial charge in [-0.2, -0.15) is 0 Å². The van der Waals surface area contributed by atoms with Gasteiger partial charge in [-0.25, -0.2) is 0 Å². The van der Waals surface area contributed by atoms with Crippen molar-refractivity contribution in [3.05, 3.63) is 33.8 Å².